The van der Waals surface area contributed by atoms with Crippen LogP contribution in [0.1, 0.15) is 32.1 Å². The van der Waals surface area contributed by atoms with E-state index in [9.17, 15) is 12.8 Å². The van der Waals surface area contributed by atoms with Crippen LogP contribution in [0.15, 0.2) is 21.5 Å². The van der Waals surface area contributed by atoms with Gasteiger partial charge in [0.05, 0.1) is 11.1 Å². The van der Waals surface area contributed by atoms with Crippen molar-refractivity contribution in [1.82, 2.24) is 0 Å². The molecule has 0 N–H and O–H groups in total. The summed E-state index contributed by atoms with van der Waals surface area (Å²) in [6.45, 7) is 0.519. The first-order valence-electron chi connectivity index (χ1n) is 6.44. The number of hydrogen-bond acceptors (Lipinski definition) is 3. The first kappa shape index (κ1) is 16.0. The minimum absolute atomic E-state index is 0.303. The van der Waals surface area contributed by atoms with Crippen LogP contribution in [-0.2, 0) is 9.05 Å². The summed E-state index contributed by atoms with van der Waals surface area (Å²) >= 11 is 3.18. The van der Waals surface area contributed by atoms with E-state index in [0.717, 1.165) is 25.0 Å². The van der Waals surface area contributed by atoms with E-state index in [-0.39, 0.29) is 0 Å². The van der Waals surface area contributed by atoms with Crippen LogP contribution in [0, 0.1) is 11.7 Å². The van der Waals surface area contributed by atoms with Crippen molar-refractivity contribution >= 4 is 35.7 Å². The zero-order chi connectivity index (χ0) is 14.8. The maximum atomic E-state index is 13.7. The molecule has 0 atom stereocenters. The zero-order valence-corrected chi connectivity index (χ0v) is 13.9. The predicted octanol–water partition coefficient (Wildman–Crippen LogP) is 4.47. The summed E-state index contributed by atoms with van der Waals surface area (Å²) in [5.74, 6) is -0.117. The molecule has 1 saturated carbocycles. The van der Waals surface area contributed by atoms with E-state index < -0.39 is 19.8 Å². The first-order valence-corrected chi connectivity index (χ1v) is 9.54. The minimum Gasteiger partial charge on any atom is -0.492 e. The summed E-state index contributed by atoms with van der Waals surface area (Å²) in [6.07, 6.45) is 5.90. The summed E-state index contributed by atoms with van der Waals surface area (Å²) in [7, 11) is 1.06. The summed E-state index contributed by atoms with van der Waals surface area (Å²) in [4.78, 5) is -0.545. The maximum Gasteiger partial charge on any atom is 0.264 e. The van der Waals surface area contributed by atoms with Gasteiger partial charge >= 0.3 is 0 Å². The Morgan fingerprint density at radius 2 is 1.95 bits per heavy atom. The molecular weight excluding hydrogens is 371 g/mol. The SMILES string of the molecule is O=S(=O)(Cl)c1cc(Br)c(OCC2CCCCC2)cc1F. The third-order valence-corrected chi connectivity index (χ3v) is 5.41. The Labute approximate surface area is 131 Å². The highest BCUT2D eigenvalue weighted by atomic mass is 79.9. The fraction of sp³-hybridized carbons (Fsp3) is 0.538. The number of rotatable bonds is 4. The molecule has 0 heterocycles. The van der Waals surface area contributed by atoms with Gasteiger partial charge in [-0.1, -0.05) is 19.3 Å². The summed E-state index contributed by atoms with van der Waals surface area (Å²) in [5.41, 5.74) is 0. The molecule has 0 aliphatic heterocycles. The van der Waals surface area contributed by atoms with Gasteiger partial charge in [0.1, 0.15) is 16.5 Å². The molecule has 0 radical (unpaired) electrons. The van der Waals surface area contributed by atoms with Gasteiger partial charge in [-0.15, -0.1) is 0 Å². The molecule has 0 spiro atoms. The van der Waals surface area contributed by atoms with Crippen LogP contribution in [0.5, 0.6) is 5.75 Å². The van der Waals surface area contributed by atoms with Gasteiger partial charge in [0.2, 0.25) is 0 Å². The number of halogens is 3. The molecule has 2 rings (SSSR count). The van der Waals surface area contributed by atoms with Crippen LogP contribution in [0.2, 0.25) is 0 Å². The van der Waals surface area contributed by atoms with E-state index >= 15 is 0 Å². The number of benzene rings is 1. The maximum absolute atomic E-state index is 13.7. The quantitative estimate of drug-likeness (QED) is 0.718. The number of hydrogen-bond donors (Lipinski definition) is 0. The fourth-order valence-electron chi connectivity index (χ4n) is 2.37. The standard InChI is InChI=1S/C13H15BrClFO3S/c14-10-6-13(20(15,17)18)11(16)7-12(10)19-8-9-4-2-1-3-5-9/h6-7,9H,1-5,8H2. The van der Waals surface area contributed by atoms with Crippen molar-refractivity contribution in [3.05, 3.63) is 22.4 Å². The van der Waals surface area contributed by atoms with Gasteiger partial charge < -0.3 is 4.74 Å². The Hall–Kier alpha value is -0.330. The Morgan fingerprint density at radius 1 is 1.30 bits per heavy atom. The monoisotopic (exact) mass is 384 g/mol. The van der Waals surface area contributed by atoms with Crippen LogP contribution in [0.4, 0.5) is 4.39 Å². The Bertz CT molecular complexity index is 586. The summed E-state index contributed by atoms with van der Waals surface area (Å²) in [6, 6.07) is 2.19. The third-order valence-electron chi connectivity index (χ3n) is 3.45. The van der Waals surface area contributed by atoms with Gasteiger partial charge in [-0.3, -0.25) is 0 Å². The second-order valence-electron chi connectivity index (χ2n) is 4.97. The molecular formula is C13H15BrClFO3S. The molecule has 1 aliphatic rings. The smallest absolute Gasteiger partial charge is 0.264 e. The summed E-state index contributed by atoms with van der Waals surface area (Å²) in [5, 5.41) is 0. The average Bonchev–Trinajstić information content (AvgIpc) is 2.39. The minimum atomic E-state index is -4.10. The van der Waals surface area contributed by atoms with Crippen LogP contribution < -0.4 is 4.74 Å². The van der Waals surface area contributed by atoms with E-state index in [2.05, 4.69) is 15.9 Å². The highest BCUT2D eigenvalue weighted by Crippen LogP contribution is 2.33. The lowest BCUT2D eigenvalue weighted by Crippen LogP contribution is -2.15. The van der Waals surface area contributed by atoms with Crippen molar-refractivity contribution in [3.63, 3.8) is 0 Å². The molecule has 0 saturated heterocycles. The Balaban J connectivity index is 2.11. The molecule has 112 valence electrons. The lowest BCUT2D eigenvalue weighted by Gasteiger charge is -2.22. The highest BCUT2D eigenvalue weighted by Gasteiger charge is 2.20. The molecule has 1 aliphatic carbocycles. The lowest BCUT2D eigenvalue weighted by molar-refractivity contribution is 0.207. The summed E-state index contributed by atoms with van der Waals surface area (Å²) < 4.78 is 42.1. The van der Waals surface area contributed by atoms with Crippen LogP contribution in [0.25, 0.3) is 0 Å². The Morgan fingerprint density at radius 3 is 2.55 bits per heavy atom. The lowest BCUT2D eigenvalue weighted by atomic mass is 9.90. The second kappa shape index (κ2) is 6.62. The molecule has 1 fully saturated rings. The number of ether oxygens (including phenoxy) is 1. The average molecular weight is 386 g/mol. The molecule has 0 bridgehead atoms. The van der Waals surface area contributed by atoms with Gasteiger partial charge in [-0.05, 0) is 40.8 Å². The van der Waals surface area contributed by atoms with Gasteiger partial charge in [0, 0.05) is 16.7 Å². The van der Waals surface area contributed by atoms with Crippen molar-refractivity contribution in [2.45, 2.75) is 37.0 Å². The first-order chi connectivity index (χ1) is 9.38. The predicted molar refractivity (Wildman–Crippen MR) is 79.2 cm³/mol. The van der Waals surface area contributed by atoms with E-state index in [4.69, 9.17) is 15.4 Å². The zero-order valence-electron chi connectivity index (χ0n) is 10.7. The van der Waals surface area contributed by atoms with Crippen molar-refractivity contribution in [3.8, 4) is 5.75 Å². The third kappa shape index (κ3) is 4.09. The van der Waals surface area contributed by atoms with E-state index in [1.807, 2.05) is 0 Å². The van der Waals surface area contributed by atoms with E-state index in [0.29, 0.717) is 22.7 Å². The highest BCUT2D eigenvalue weighted by molar-refractivity contribution is 9.10. The second-order valence-corrected chi connectivity index (χ2v) is 8.35. The van der Waals surface area contributed by atoms with Crippen LogP contribution in [-0.4, -0.2) is 15.0 Å². The van der Waals surface area contributed by atoms with Gasteiger partial charge in [-0.25, -0.2) is 12.8 Å². The van der Waals surface area contributed by atoms with Gasteiger partial charge in [0.25, 0.3) is 9.05 Å². The van der Waals surface area contributed by atoms with Crippen LogP contribution >= 0.6 is 26.6 Å². The van der Waals surface area contributed by atoms with Crippen molar-refractivity contribution in [1.29, 1.82) is 0 Å². The van der Waals surface area contributed by atoms with E-state index in [1.165, 1.54) is 19.3 Å². The van der Waals surface area contributed by atoms with E-state index in [1.54, 1.807) is 0 Å². The van der Waals surface area contributed by atoms with Gasteiger partial charge in [-0.2, -0.15) is 0 Å². The molecule has 3 nitrogen and oxygen atoms in total. The molecule has 7 heteroatoms. The molecule has 1 aromatic rings. The molecule has 0 aromatic heterocycles. The molecule has 0 amide bonds. The Kier molecular flexibility index (Phi) is 5.31. The molecule has 20 heavy (non-hydrogen) atoms. The fourth-order valence-corrected chi connectivity index (χ4v) is 3.88. The van der Waals surface area contributed by atoms with Crippen molar-refractivity contribution in [2.24, 2.45) is 5.92 Å². The normalized spacial score (nSPS) is 17.1. The van der Waals surface area contributed by atoms with Crippen molar-refractivity contribution < 1.29 is 17.5 Å². The van der Waals surface area contributed by atoms with Crippen molar-refractivity contribution in [2.75, 3.05) is 6.61 Å². The molecule has 1 aromatic carbocycles. The topological polar surface area (TPSA) is 43.4 Å². The van der Waals surface area contributed by atoms with Gasteiger partial charge in [0.15, 0.2) is 0 Å². The van der Waals surface area contributed by atoms with Crippen LogP contribution in [0.3, 0.4) is 0 Å². The molecule has 0 unspecified atom stereocenters. The largest absolute Gasteiger partial charge is 0.492 e.